The van der Waals surface area contributed by atoms with Crippen molar-refractivity contribution in [2.45, 2.75) is 26.4 Å². The molecule has 25 heavy (non-hydrogen) atoms. The number of nitrogens with zero attached hydrogens (tertiary/aromatic N) is 4. The highest BCUT2D eigenvalue weighted by atomic mass is 79.9. The third-order valence-electron chi connectivity index (χ3n) is 3.22. The highest BCUT2D eigenvalue weighted by Gasteiger charge is 2.23. The standard InChI is InChI=1S/C16H13BrClFN4O2/c1-16(2,3)25-15(24)23-7-9(8-4-12(17)20-6-11(8)23)13-10(19)5-21-14(18)22-13/h4-7H,1-3H3. The number of hydrogen-bond donors (Lipinski definition) is 0. The van der Waals surface area contributed by atoms with Gasteiger partial charge in [0, 0.05) is 17.1 Å². The van der Waals surface area contributed by atoms with Gasteiger partial charge in [-0.3, -0.25) is 4.57 Å². The maximum Gasteiger partial charge on any atom is 0.419 e. The molecule has 3 heterocycles. The molecule has 0 aliphatic rings. The van der Waals surface area contributed by atoms with E-state index < -0.39 is 17.5 Å². The lowest BCUT2D eigenvalue weighted by Gasteiger charge is -2.19. The van der Waals surface area contributed by atoms with Crippen LogP contribution in [0.4, 0.5) is 9.18 Å². The molecule has 0 bridgehead atoms. The molecule has 0 radical (unpaired) electrons. The quantitative estimate of drug-likeness (QED) is 0.411. The van der Waals surface area contributed by atoms with Gasteiger partial charge in [0.25, 0.3) is 0 Å². The lowest BCUT2D eigenvalue weighted by atomic mass is 10.1. The summed E-state index contributed by atoms with van der Waals surface area (Å²) in [6.45, 7) is 5.28. The zero-order valence-electron chi connectivity index (χ0n) is 13.5. The van der Waals surface area contributed by atoms with Crippen LogP contribution in [0.3, 0.4) is 0 Å². The fraction of sp³-hybridized carbons (Fsp3) is 0.250. The van der Waals surface area contributed by atoms with E-state index in [1.807, 2.05) is 0 Å². The summed E-state index contributed by atoms with van der Waals surface area (Å²) >= 11 is 9.07. The Morgan fingerprint density at radius 2 is 2.04 bits per heavy atom. The molecule has 0 fully saturated rings. The maximum absolute atomic E-state index is 14.2. The minimum Gasteiger partial charge on any atom is -0.443 e. The Kier molecular flexibility index (Phi) is 4.51. The first-order valence-electron chi connectivity index (χ1n) is 7.24. The van der Waals surface area contributed by atoms with Crippen molar-refractivity contribution in [3.8, 4) is 11.3 Å². The molecule has 0 amide bonds. The third-order valence-corrected chi connectivity index (χ3v) is 3.83. The minimum absolute atomic E-state index is 0.00888. The highest BCUT2D eigenvalue weighted by molar-refractivity contribution is 9.10. The molecule has 0 aliphatic heterocycles. The molecular weight excluding hydrogens is 415 g/mol. The summed E-state index contributed by atoms with van der Waals surface area (Å²) in [6.07, 6.45) is 3.33. The van der Waals surface area contributed by atoms with Crippen LogP contribution in [-0.2, 0) is 4.74 Å². The van der Waals surface area contributed by atoms with Gasteiger partial charge >= 0.3 is 6.09 Å². The van der Waals surface area contributed by atoms with E-state index in [2.05, 4.69) is 30.9 Å². The second kappa shape index (κ2) is 6.34. The van der Waals surface area contributed by atoms with E-state index >= 15 is 0 Å². The molecule has 9 heteroatoms. The van der Waals surface area contributed by atoms with Gasteiger partial charge in [-0.05, 0) is 54.4 Å². The topological polar surface area (TPSA) is 69.9 Å². The summed E-state index contributed by atoms with van der Waals surface area (Å²) in [5.74, 6) is -0.652. The monoisotopic (exact) mass is 426 g/mol. The molecule has 0 N–H and O–H groups in total. The van der Waals surface area contributed by atoms with Crippen molar-refractivity contribution in [3.05, 3.63) is 40.4 Å². The Bertz CT molecular complexity index is 984. The Labute approximate surface area is 156 Å². The van der Waals surface area contributed by atoms with Crippen LogP contribution in [0.1, 0.15) is 20.8 Å². The summed E-state index contributed by atoms with van der Waals surface area (Å²) in [6, 6.07) is 1.67. The van der Waals surface area contributed by atoms with Crippen LogP contribution in [0.25, 0.3) is 22.2 Å². The van der Waals surface area contributed by atoms with Crippen LogP contribution < -0.4 is 0 Å². The maximum atomic E-state index is 14.2. The zero-order valence-corrected chi connectivity index (χ0v) is 15.9. The Morgan fingerprint density at radius 3 is 2.72 bits per heavy atom. The number of hydrogen-bond acceptors (Lipinski definition) is 5. The lowest BCUT2D eigenvalue weighted by molar-refractivity contribution is 0.0544. The van der Waals surface area contributed by atoms with Crippen molar-refractivity contribution in [1.82, 2.24) is 19.5 Å². The molecule has 3 rings (SSSR count). The Morgan fingerprint density at radius 1 is 1.32 bits per heavy atom. The van der Waals surface area contributed by atoms with Crippen molar-refractivity contribution in [2.75, 3.05) is 0 Å². The Balaban J connectivity index is 2.25. The number of rotatable bonds is 1. The molecular formula is C16H13BrClFN4O2. The molecule has 0 aliphatic carbocycles. The largest absolute Gasteiger partial charge is 0.443 e. The van der Waals surface area contributed by atoms with Gasteiger partial charge in [-0.25, -0.2) is 24.1 Å². The minimum atomic E-state index is -0.680. The zero-order chi connectivity index (χ0) is 18.4. The van der Waals surface area contributed by atoms with Crippen molar-refractivity contribution >= 4 is 44.5 Å². The Hall–Kier alpha value is -2.06. The van der Waals surface area contributed by atoms with Crippen LogP contribution >= 0.6 is 27.5 Å². The molecule has 3 aromatic heterocycles. The van der Waals surface area contributed by atoms with Gasteiger partial charge in [0.05, 0.1) is 17.9 Å². The number of fused-ring (bicyclic) bond motifs is 1. The predicted octanol–water partition coefficient (Wildman–Crippen LogP) is 4.83. The molecule has 3 aromatic rings. The SMILES string of the molecule is CC(C)(C)OC(=O)n1cc(-c2nc(Cl)ncc2F)c2cc(Br)ncc21. The fourth-order valence-corrected chi connectivity index (χ4v) is 2.75. The molecule has 0 saturated carbocycles. The number of carbonyl (C=O) groups excluding carboxylic acids is 1. The molecule has 0 saturated heterocycles. The second-order valence-electron chi connectivity index (χ2n) is 6.25. The average Bonchev–Trinajstić information content (AvgIpc) is 2.86. The molecule has 6 nitrogen and oxygen atoms in total. The van der Waals surface area contributed by atoms with E-state index in [9.17, 15) is 9.18 Å². The lowest BCUT2D eigenvalue weighted by Crippen LogP contribution is -2.26. The first-order valence-corrected chi connectivity index (χ1v) is 8.41. The second-order valence-corrected chi connectivity index (χ2v) is 7.40. The summed E-state index contributed by atoms with van der Waals surface area (Å²) in [7, 11) is 0. The van der Waals surface area contributed by atoms with Crippen molar-refractivity contribution in [2.24, 2.45) is 0 Å². The van der Waals surface area contributed by atoms with Gasteiger partial charge in [0.15, 0.2) is 5.82 Å². The first-order chi connectivity index (χ1) is 11.7. The number of aromatic nitrogens is 4. The van der Waals surface area contributed by atoms with Crippen LogP contribution in [0.15, 0.2) is 29.3 Å². The van der Waals surface area contributed by atoms with E-state index in [-0.39, 0.29) is 11.0 Å². The van der Waals surface area contributed by atoms with Crippen LogP contribution in [-0.4, -0.2) is 31.2 Å². The summed E-state index contributed by atoms with van der Waals surface area (Å²) in [4.78, 5) is 24.2. The summed E-state index contributed by atoms with van der Waals surface area (Å²) in [5, 5.41) is 0.476. The molecule has 0 spiro atoms. The number of ether oxygens (including phenoxy) is 1. The van der Waals surface area contributed by atoms with Gasteiger partial charge in [-0.1, -0.05) is 0 Å². The van der Waals surface area contributed by atoms with Crippen LogP contribution in [0.5, 0.6) is 0 Å². The van der Waals surface area contributed by atoms with Crippen molar-refractivity contribution < 1.29 is 13.9 Å². The van der Waals surface area contributed by atoms with Gasteiger partial charge in [-0.2, -0.15) is 0 Å². The van der Waals surface area contributed by atoms with E-state index in [1.54, 1.807) is 26.8 Å². The summed E-state index contributed by atoms with van der Waals surface area (Å²) < 4.78 is 21.4. The number of halogens is 3. The van der Waals surface area contributed by atoms with Crippen molar-refractivity contribution in [3.63, 3.8) is 0 Å². The fourth-order valence-electron chi connectivity index (χ4n) is 2.28. The van der Waals surface area contributed by atoms with E-state index in [4.69, 9.17) is 16.3 Å². The van der Waals surface area contributed by atoms with E-state index in [1.165, 1.54) is 17.0 Å². The molecule has 0 unspecified atom stereocenters. The summed E-state index contributed by atoms with van der Waals surface area (Å²) in [5.41, 5.74) is 0.151. The van der Waals surface area contributed by atoms with E-state index in [0.717, 1.165) is 6.20 Å². The van der Waals surface area contributed by atoms with Crippen LogP contribution in [0.2, 0.25) is 5.28 Å². The number of pyridine rings is 1. The molecule has 0 aromatic carbocycles. The van der Waals surface area contributed by atoms with Crippen molar-refractivity contribution in [1.29, 1.82) is 0 Å². The molecule has 0 atom stereocenters. The first kappa shape index (κ1) is 17.8. The smallest absolute Gasteiger partial charge is 0.419 e. The van der Waals surface area contributed by atoms with Gasteiger partial charge < -0.3 is 4.74 Å². The average molecular weight is 428 g/mol. The molecule has 130 valence electrons. The normalized spacial score (nSPS) is 11.8. The number of carbonyl (C=O) groups is 1. The van der Waals surface area contributed by atoms with Gasteiger partial charge in [0.1, 0.15) is 15.9 Å². The highest BCUT2D eigenvalue weighted by Crippen LogP contribution is 2.33. The van der Waals surface area contributed by atoms with Gasteiger partial charge in [0.2, 0.25) is 5.28 Å². The predicted molar refractivity (Wildman–Crippen MR) is 95.1 cm³/mol. The van der Waals surface area contributed by atoms with Gasteiger partial charge in [-0.15, -0.1) is 0 Å². The van der Waals surface area contributed by atoms with Crippen LogP contribution in [0, 0.1) is 5.82 Å². The third kappa shape index (κ3) is 3.64. The van der Waals surface area contributed by atoms with E-state index in [0.29, 0.717) is 21.1 Å².